The summed E-state index contributed by atoms with van der Waals surface area (Å²) < 4.78 is 25.0. The lowest BCUT2D eigenvalue weighted by Gasteiger charge is -2.19. The Balaban J connectivity index is 2.46. The number of rotatable bonds is 1. The number of hydrogen-bond acceptors (Lipinski definition) is 2. The maximum absolute atomic E-state index is 11.7. The first-order valence-electron chi connectivity index (χ1n) is 5.08. The minimum atomic E-state index is -3.04. The van der Waals surface area contributed by atoms with Gasteiger partial charge in [0, 0.05) is 6.54 Å². The van der Waals surface area contributed by atoms with Crippen molar-refractivity contribution in [2.45, 2.75) is 20.3 Å². The van der Waals surface area contributed by atoms with Crippen molar-refractivity contribution in [2.75, 3.05) is 16.6 Å². The van der Waals surface area contributed by atoms with Gasteiger partial charge in [-0.3, -0.25) is 4.31 Å². The zero-order chi connectivity index (χ0) is 11.1. The lowest BCUT2D eigenvalue weighted by atomic mass is 10.1. The van der Waals surface area contributed by atoms with Crippen LogP contribution in [0.25, 0.3) is 0 Å². The monoisotopic (exact) mass is 225 g/mol. The summed E-state index contributed by atoms with van der Waals surface area (Å²) in [4.78, 5) is 0. The molecule has 3 nitrogen and oxygen atoms in total. The van der Waals surface area contributed by atoms with E-state index in [9.17, 15) is 8.42 Å². The van der Waals surface area contributed by atoms with Crippen molar-refractivity contribution in [1.82, 2.24) is 0 Å². The average Bonchev–Trinajstić information content (AvgIpc) is 2.46. The third-order valence-corrected chi connectivity index (χ3v) is 4.58. The van der Waals surface area contributed by atoms with Gasteiger partial charge in [-0.1, -0.05) is 17.7 Å². The normalized spacial score (nSPS) is 19.5. The fourth-order valence-corrected chi connectivity index (χ4v) is 3.62. The van der Waals surface area contributed by atoms with Crippen LogP contribution in [0.4, 0.5) is 5.69 Å². The number of hydrogen-bond donors (Lipinski definition) is 0. The third-order valence-electron chi connectivity index (χ3n) is 2.72. The molecule has 0 amide bonds. The van der Waals surface area contributed by atoms with Gasteiger partial charge in [-0.25, -0.2) is 8.42 Å². The second-order valence-corrected chi connectivity index (χ2v) is 6.04. The molecule has 1 aliphatic heterocycles. The van der Waals surface area contributed by atoms with Crippen molar-refractivity contribution in [3.63, 3.8) is 0 Å². The summed E-state index contributed by atoms with van der Waals surface area (Å²) >= 11 is 0. The first kappa shape index (κ1) is 10.5. The molecule has 1 aliphatic rings. The molecule has 1 heterocycles. The lowest BCUT2D eigenvalue weighted by Crippen LogP contribution is -2.25. The highest BCUT2D eigenvalue weighted by molar-refractivity contribution is 7.93. The molecule has 0 spiro atoms. The summed E-state index contributed by atoms with van der Waals surface area (Å²) in [7, 11) is -3.04. The first-order chi connectivity index (χ1) is 7.00. The fourth-order valence-electron chi connectivity index (χ4n) is 2.00. The van der Waals surface area contributed by atoms with Crippen LogP contribution in [0.15, 0.2) is 18.2 Å². The lowest BCUT2D eigenvalue weighted by molar-refractivity contribution is 0.599. The molecule has 0 radical (unpaired) electrons. The zero-order valence-corrected chi connectivity index (χ0v) is 9.84. The van der Waals surface area contributed by atoms with Crippen LogP contribution in [-0.2, 0) is 10.0 Å². The van der Waals surface area contributed by atoms with Crippen LogP contribution in [0.5, 0.6) is 0 Å². The Hall–Kier alpha value is -1.03. The van der Waals surface area contributed by atoms with E-state index in [1.165, 1.54) is 4.31 Å². The van der Waals surface area contributed by atoms with E-state index in [0.29, 0.717) is 6.54 Å². The molecule has 0 saturated carbocycles. The second-order valence-electron chi connectivity index (χ2n) is 4.03. The molecule has 4 heteroatoms. The van der Waals surface area contributed by atoms with Gasteiger partial charge in [0.2, 0.25) is 10.0 Å². The maximum atomic E-state index is 11.7. The van der Waals surface area contributed by atoms with Crippen LogP contribution >= 0.6 is 0 Å². The topological polar surface area (TPSA) is 37.4 Å². The Labute approximate surface area is 90.8 Å². The molecule has 2 rings (SSSR count). The molecule has 15 heavy (non-hydrogen) atoms. The molecule has 1 aromatic rings. The second kappa shape index (κ2) is 3.52. The molecular formula is C11H15NO2S. The zero-order valence-electron chi connectivity index (χ0n) is 9.03. The van der Waals surface area contributed by atoms with Gasteiger partial charge < -0.3 is 0 Å². The molecule has 1 fully saturated rings. The molecule has 0 unspecified atom stereocenters. The molecule has 0 aliphatic carbocycles. The number of aryl methyl sites for hydroxylation is 2. The van der Waals surface area contributed by atoms with E-state index >= 15 is 0 Å². The number of nitrogens with zero attached hydrogens (tertiary/aromatic N) is 1. The van der Waals surface area contributed by atoms with Crippen molar-refractivity contribution in [1.29, 1.82) is 0 Å². The molecule has 0 bridgehead atoms. The van der Waals surface area contributed by atoms with Crippen LogP contribution < -0.4 is 4.31 Å². The van der Waals surface area contributed by atoms with E-state index in [1.54, 1.807) is 0 Å². The maximum Gasteiger partial charge on any atom is 0.235 e. The van der Waals surface area contributed by atoms with Crippen LogP contribution in [0.3, 0.4) is 0 Å². The fraction of sp³-hybridized carbons (Fsp3) is 0.455. The van der Waals surface area contributed by atoms with Gasteiger partial charge in [0.05, 0.1) is 11.4 Å². The molecular weight excluding hydrogens is 210 g/mol. The van der Waals surface area contributed by atoms with Crippen LogP contribution in [0, 0.1) is 13.8 Å². The van der Waals surface area contributed by atoms with Gasteiger partial charge >= 0.3 is 0 Å². The van der Waals surface area contributed by atoms with Crippen molar-refractivity contribution >= 4 is 15.7 Å². The predicted octanol–water partition coefficient (Wildman–Crippen LogP) is 1.84. The van der Waals surface area contributed by atoms with E-state index in [1.807, 2.05) is 32.0 Å². The van der Waals surface area contributed by atoms with Crippen LogP contribution in [0.1, 0.15) is 17.5 Å². The smallest absolute Gasteiger partial charge is 0.235 e. The van der Waals surface area contributed by atoms with Crippen LogP contribution in [-0.4, -0.2) is 20.7 Å². The van der Waals surface area contributed by atoms with Gasteiger partial charge in [0.15, 0.2) is 0 Å². The van der Waals surface area contributed by atoms with Crippen molar-refractivity contribution in [3.8, 4) is 0 Å². The summed E-state index contributed by atoms with van der Waals surface area (Å²) in [6.07, 6.45) is 0.732. The van der Waals surface area contributed by atoms with Crippen molar-refractivity contribution < 1.29 is 8.42 Å². The van der Waals surface area contributed by atoms with Crippen LogP contribution in [0.2, 0.25) is 0 Å². The van der Waals surface area contributed by atoms with Gasteiger partial charge in [0.1, 0.15) is 0 Å². The molecule has 0 atom stereocenters. The Morgan fingerprint density at radius 2 is 2.00 bits per heavy atom. The van der Waals surface area contributed by atoms with E-state index in [0.717, 1.165) is 23.2 Å². The van der Waals surface area contributed by atoms with Gasteiger partial charge in [-0.15, -0.1) is 0 Å². The van der Waals surface area contributed by atoms with Gasteiger partial charge in [-0.05, 0) is 31.9 Å². The summed E-state index contributed by atoms with van der Waals surface area (Å²) in [6.45, 7) is 4.58. The van der Waals surface area contributed by atoms with E-state index in [2.05, 4.69) is 0 Å². The van der Waals surface area contributed by atoms with Crippen molar-refractivity contribution in [2.24, 2.45) is 0 Å². The number of anilines is 1. The Morgan fingerprint density at radius 3 is 2.53 bits per heavy atom. The SMILES string of the molecule is Cc1ccc(N2CCCS2(=O)=O)c(C)c1. The number of sulfonamides is 1. The minimum absolute atomic E-state index is 0.278. The summed E-state index contributed by atoms with van der Waals surface area (Å²) in [5.74, 6) is 0.278. The molecule has 1 aromatic carbocycles. The third kappa shape index (κ3) is 1.86. The largest absolute Gasteiger partial charge is 0.270 e. The summed E-state index contributed by atoms with van der Waals surface area (Å²) in [5, 5.41) is 0. The summed E-state index contributed by atoms with van der Waals surface area (Å²) in [5.41, 5.74) is 3.02. The first-order valence-corrected chi connectivity index (χ1v) is 6.69. The Kier molecular flexibility index (Phi) is 2.46. The highest BCUT2D eigenvalue weighted by atomic mass is 32.2. The molecule has 0 N–H and O–H groups in total. The van der Waals surface area contributed by atoms with E-state index in [-0.39, 0.29) is 5.75 Å². The standard InChI is InChI=1S/C11H15NO2S/c1-9-4-5-11(10(2)8-9)12-6-3-7-15(12,13)14/h4-5,8H,3,6-7H2,1-2H3. The quantitative estimate of drug-likeness (QED) is 0.731. The van der Waals surface area contributed by atoms with Gasteiger partial charge in [-0.2, -0.15) is 0 Å². The predicted molar refractivity (Wildman–Crippen MR) is 61.7 cm³/mol. The minimum Gasteiger partial charge on any atom is -0.270 e. The molecule has 82 valence electrons. The summed E-state index contributed by atoms with van der Waals surface area (Å²) in [6, 6.07) is 5.87. The van der Waals surface area contributed by atoms with E-state index in [4.69, 9.17) is 0 Å². The molecule has 0 aromatic heterocycles. The average molecular weight is 225 g/mol. The highest BCUT2D eigenvalue weighted by Crippen LogP contribution is 2.27. The van der Waals surface area contributed by atoms with E-state index < -0.39 is 10.0 Å². The highest BCUT2D eigenvalue weighted by Gasteiger charge is 2.29. The Bertz CT molecular complexity index is 479. The Morgan fingerprint density at radius 1 is 1.27 bits per heavy atom. The molecule has 1 saturated heterocycles. The van der Waals surface area contributed by atoms with Gasteiger partial charge in [0.25, 0.3) is 0 Å². The number of benzene rings is 1. The van der Waals surface area contributed by atoms with Crippen molar-refractivity contribution in [3.05, 3.63) is 29.3 Å².